The Kier molecular flexibility index (Phi) is 8.63. The molecule has 23 heavy (non-hydrogen) atoms. The molecule has 4 nitrogen and oxygen atoms in total. The second-order valence-electron chi connectivity index (χ2n) is 5.95. The maximum atomic E-state index is 12.7. The van der Waals surface area contributed by atoms with Crippen molar-refractivity contribution < 1.29 is 14.4 Å². The van der Waals surface area contributed by atoms with E-state index in [2.05, 4.69) is 25.9 Å². The van der Waals surface area contributed by atoms with Crippen LogP contribution >= 0.6 is 11.8 Å². The summed E-state index contributed by atoms with van der Waals surface area (Å²) in [5.74, 6) is 0.968. The third-order valence-electron chi connectivity index (χ3n) is 4.23. The van der Waals surface area contributed by atoms with Crippen LogP contribution in [0.3, 0.4) is 0 Å². The van der Waals surface area contributed by atoms with E-state index in [1.165, 1.54) is 0 Å². The molecule has 0 saturated heterocycles. The maximum Gasteiger partial charge on any atom is 0.171 e. The normalized spacial score (nSPS) is 25.2. The molecule has 5 heteroatoms. The quantitative estimate of drug-likeness (QED) is 0.228. The van der Waals surface area contributed by atoms with Gasteiger partial charge in [0.2, 0.25) is 0 Å². The zero-order valence-electron chi connectivity index (χ0n) is 14.7. The number of ketones is 2. The molecule has 0 aromatic rings. The van der Waals surface area contributed by atoms with Gasteiger partial charge < -0.3 is 0 Å². The highest BCUT2D eigenvalue weighted by molar-refractivity contribution is 7.99. The largest absolute Gasteiger partial charge is 0.294 e. The van der Waals surface area contributed by atoms with E-state index >= 15 is 0 Å². The van der Waals surface area contributed by atoms with Crippen molar-refractivity contribution in [3.8, 4) is 0 Å². The Bertz CT molecular complexity index is 473. The Morgan fingerprint density at radius 3 is 2.74 bits per heavy atom. The van der Waals surface area contributed by atoms with Gasteiger partial charge in [-0.1, -0.05) is 33.8 Å². The number of nitrogens with one attached hydrogen (secondary N) is 1. The van der Waals surface area contributed by atoms with Crippen molar-refractivity contribution in [2.45, 2.75) is 52.2 Å². The molecular formula is C18H29NO3S. The standard InChI is InChI=1S/C18H29NO3S/c1-6-9-22-19-15(7-2)17-16(20)11-14(13(5)18(17)21)10-12(4)23-8-3/h6,12-14,19H,1,7-11H2,2-5H3/b17-15-. The van der Waals surface area contributed by atoms with E-state index in [0.717, 1.165) is 12.2 Å². The van der Waals surface area contributed by atoms with Gasteiger partial charge in [-0.15, -0.1) is 6.58 Å². The van der Waals surface area contributed by atoms with Gasteiger partial charge in [-0.25, -0.2) is 0 Å². The molecule has 0 spiro atoms. The van der Waals surface area contributed by atoms with E-state index in [4.69, 9.17) is 4.84 Å². The molecule has 0 aliphatic heterocycles. The molecule has 1 rings (SSSR count). The number of carbonyl (C=O) groups is 2. The summed E-state index contributed by atoms with van der Waals surface area (Å²) >= 11 is 1.88. The minimum atomic E-state index is -0.120. The third kappa shape index (κ3) is 5.50. The van der Waals surface area contributed by atoms with Crippen LogP contribution in [0.2, 0.25) is 0 Å². The molecule has 1 aliphatic rings. The Morgan fingerprint density at radius 2 is 2.17 bits per heavy atom. The molecule has 3 atom stereocenters. The number of Topliss-reactive ketones (excluding diaryl/α,β-unsaturated/α-hetero) is 2. The van der Waals surface area contributed by atoms with Crippen molar-refractivity contribution in [2.75, 3.05) is 12.4 Å². The molecule has 1 saturated carbocycles. The predicted molar refractivity (Wildman–Crippen MR) is 96.1 cm³/mol. The van der Waals surface area contributed by atoms with E-state index in [0.29, 0.717) is 36.0 Å². The monoisotopic (exact) mass is 339 g/mol. The Labute approximate surface area is 144 Å². The molecule has 0 bridgehead atoms. The summed E-state index contributed by atoms with van der Waals surface area (Å²) in [6, 6.07) is 0. The van der Waals surface area contributed by atoms with Gasteiger partial charge in [-0.05, 0) is 24.5 Å². The van der Waals surface area contributed by atoms with Crippen molar-refractivity contribution in [3.63, 3.8) is 0 Å². The van der Waals surface area contributed by atoms with Gasteiger partial charge in [0.05, 0.1) is 17.9 Å². The van der Waals surface area contributed by atoms with Crippen LogP contribution in [0.25, 0.3) is 0 Å². The molecule has 1 aliphatic carbocycles. The number of rotatable bonds is 9. The SMILES string of the molecule is C=CCON/C(CC)=C1/C(=O)CC(CC(C)SCC)C(C)C1=O. The first kappa shape index (κ1) is 20.0. The molecule has 0 amide bonds. The van der Waals surface area contributed by atoms with Crippen LogP contribution in [0.15, 0.2) is 23.9 Å². The average molecular weight is 340 g/mol. The topological polar surface area (TPSA) is 55.4 Å². The van der Waals surface area contributed by atoms with Crippen LogP contribution in [-0.4, -0.2) is 29.2 Å². The minimum Gasteiger partial charge on any atom is -0.294 e. The predicted octanol–water partition coefficient (Wildman–Crippen LogP) is 3.68. The molecule has 0 aromatic heterocycles. The smallest absolute Gasteiger partial charge is 0.171 e. The van der Waals surface area contributed by atoms with Crippen LogP contribution < -0.4 is 5.48 Å². The van der Waals surface area contributed by atoms with Crippen molar-refractivity contribution >= 4 is 23.3 Å². The lowest BCUT2D eigenvalue weighted by Crippen LogP contribution is -2.37. The Balaban J connectivity index is 2.88. The summed E-state index contributed by atoms with van der Waals surface area (Å²) in [5.41, 5.74) is 3.65. The number of hydroxylamine groups is 1. The minimum absolute atomic E-state index is 0.0495. The van der Waals surface area contributed by atoms with Crippen molar-refractivity contribution in [1.82, 2.24) is 5.48 Å². The van der Waals surface area contributed by atoms with Gasteiger partial charge in [0.25, 0.3) is 0 Å². The molecule has 1 fully saturated rings. The highest BCUT2D eigenvalue weighted by Crippen LogP contribution is 2.35. The fraction of sp³-hybridized carbons (Fsp3) is 0.667. The van der Waals surface area contributed by atoms with Crippen LogP contribution in [-0.2, 0) is 14.4 Å². The van der Waals surface area contributed by atoms with Gasteiger partial charge >= 0.3 is 0 Å². The zero-order valence-corrected chi connectivity index (χ0v) is 15.5. The summed E-state index contributed by atoms with van der Waals surface area (Å²) < 4.78 is 0. The van der Waals surface area contributed by atoms with Gasteiger partial charge in [0, 0.05) is 17.6 Å². The highest BCUT2D eigenvalue weighted by Gasteiger charge is 2.38. The lowest BCUT2D eigenvalue weighted by Gasteiger charge is -2.31. The van der Waals surface area contributed by atoms with Gasteiger partial charge in [-0.3, -0.25) is 19.9 Å². The third-order valence-corrected chi connectivity index (χ3v) is 5.33. The van der Waals surface area contributed by atoms with Gasteiger partial charge in [0.15, 0.2) is 11.6 Å². The summed E-state index contributed by atoms with van der Waals surface area (Å²) in [4.78, 5) is 30.5. The van der Waals surface area contributed by atoms with E-state index in [-0.39, 0.29) is 23.4 Å². The summed E-state index contributed by atoms with van der Waals surface area (Å²) in [5, 5.41) is 0.471. The first-order chi connectivity index (χ1) is 11.0. The first-order valence-corrected chi connectivity index (χ1v) is 9.41. The lowest BCUT2D eigenvalue weighted by molar-refractivity contribution is -0.129. The molecule has 0 aromatic carbocycles. The van der Waals surface area contributed by atoms with Crippen LogP contribution in [0.1, 0.15) is 47.0 Å². The number of hydrogen-bond donors (Lipinski definition) is 1. The number of thioether (sulfide) groups is 1. The van der Waals surface area contributed by atoms with Crippen LogP contribution in [0, 0.1) is 11.8 Å². The van der Waals surface area contributed by atoms with Crippen LogP contribution in [0.4, 0.5) is 0 Å². The maximum absolute atomic E-state index is 12.7. The van der Waals surface area contributed by atoms with Gasteiger partial charge in [0.1, 0.15) is 0 Å². The van der Waals surface area contributed by atoms with E-state index in [1.54, 1.807) is 6.08 Å². The molecule has 0 radical (unpaired) electrons. The van der Waals surface area contributed by atoms with E-state index < -0.39 is 0 Å². The molecule has 130 valence electrons. The Morgan fingerprint density at radius 1 is 1.48 bits per heavy atom. The molecular weight excluding hydrogens is 310 g/mol. The fourth-order valence-corrected chi connectivity index (χ4v) is 3.92. The van der Waals surface area contributed by atoms with Crippen molar-refractivity contribution in [3.05, 3.63) is 23.9 Å². The number of hydrogen-bond acceptors (Lipinski definition) is 5. The summed E-state index contributed by atoms with van der Waals surface area (Å²) in [6.45, 7) is 12.0. The second kappa shape index (κ2) is 9.93. The van der Waals surface area contributed by atoms with Crippen molar-refractivity contribution in [2.24, 2.45) is 11.8 Å². The first-order valence-electron chi connectivity index (χ1n) is 8.36. The highest BCUT2D eigenvalue weighted by atomic mass is 32.2. The van der Waals surface area contributed by atoms with E-state index in [1.807, 2.05) is 25.6 Å². The number of allylic oxidation sites excluding steroid dienone is 2. The van der Waals surface area contributed by atoms with Crippen LogP contribution in [0.5, 0.6) is 0 Å². The summed E-state index contributed by atoms with van der Waals surface area (Å²) in [6.07, 6.45) is 3.53. The van der Waals surface area contributed by atoms with Gasteiger partial charge in [-0.2, -0.15) is 11.8 Å². The molecule has 3 unspecified atom stereocenters. The summed E-state index contributed by atoms with van der Waals surface area (Å²) in [7, 11) is 0. The second-order valence-corrected chi connectivity index (χ2v) is 7.67. The lowest BCUT2D eigenvalue weighted by atomic mass is 9.73. The fourth-order valence-electron chi connectivity index (χ4n) is 2.97. The van der Waals surface area contributed by atoms with Crippen molar-refractivity contribution in [1.29, 1.82) is 0 Å². The molecule has 1 N–H and O–H groups in total. The Hall–Kier alpha value is -1.07. The molecule has 0 heterocycles. The van der Waals surface area contributed by atoms with E-state index in [9.17, 15) is 9.59 Å². The number of carbonyl (C=O) groups excluding carboxylic acids is 2. The average Bonchev–Trinajstić information content (AvgIpc) is 2.51. The zero-order chi connectivity index (χ0) is 17.4.